The van der Waals surface area contributed by atoms with Crippen LogP contribution >= 0.6 is 0 Å². The van der Waals surface area contributed by atoms with Gasteiger partial charge in [0.1, 0.15) is 5.75 Å². The predicted molar refractivity (Wildman–Crippen MR) is 77.2 cm³/mol. The summed E-state index contributed by atoms with van der Waals surface area (Å²) in [7, 11) is 0. The second-order valence-electron chi connectivity index (χ2n) is 4.86. The summed E-state index contributed by atoms with van der Waals surface area (Å²) in [6.45, 7) is 4.54. The lowest BCUT2D eigenvalue weighted by Crippen LogP contribution is -2.13. The highest BCUT2D eigenvalue weighted by Gasteiger charge is 2.21. The Morgan fingerprint density at radius 1 is 1.17 bits per heavy atom. The van der Waals surface area contributed by atoms with Gasteiger partial charge in [0.15, 0.2) is 0 Å². The van der Waals surface area contributed by atoms with Crippen LogP contribution in [0, 0.1) is 5.92 Å². The van der Waals surface area contributed by atoms with Crippen LogP contribution in [0.25, 0.3) is 0 Å². The van der Waals surface area contributed by atoms with E-state index in [0.29, 0.717) is 25.9 Å². The van der Waals surface area contributed by atoms with E-state index in [1.807, 2.05) is 38.1 Å². The zero-order valence-corrected chi connectivity index (χ0v) is 11.4. The van der Waals surface area contributed by atoms with Crippen LogP contribution in [-0.4, -0.2) is 6.61 Å². The Hall–Kier alpha value is -0.980. The van der Waals surface area contributed by atoms with Crippen molar-refractivity contribution in [3.05, 3.63) is 29.8 Å². The quantitative estimate of drug-likeness (QED) is 0.701. The molecule has 1 aliphatic rings. The van der Waals surface area contributed by atoms with Gasteiger partial charge in [0.25, 0.3) is 0 Å². The van der Waals surface area contributed by atoms with Crippen molar-refractivity contribution in [2.24, 2.45) is 5.92 Å². The first kappa shape index (κ1) is 9.01. The van der Waals surface area contributed by atoms with Gasteiger partial charge in [-0.2, -0.15) is 0 Å². The third kappa shape index (κ3) is 3.51. The Balaban J connectivity index is 2.20. The van der Waals surface area contributed by atoms with Crippen LogP contribution in [0.1, 0.15) is 69.2 Å². The maximum atomic E-state index is 8.33. The molecule has 100 valence electrons. The lowest BCUT2D eigenvalue weighted by atomic mass is 9.77. The number of benzene rings is 1. The van der Waals surface area contributed by atoms with E-state index in [1.165, 1.54) is 0 Å². The average Bonchev–Trinajstić information content (AvgIpc) is 2.43. The Labute approximate surface area is 117 Å². The van der Waals surface area contributed by atoms with Gasteiger partial charge in [-0.15, -0.1) is 0 Å². The van der Waals surface area contributed by atoms with Crippen LogP contribution in [0.4, 0.5) is 0 Å². The highest BCUT2D eigenvalue weighted by atomic mass is 16.5. The van der Waals surface area contributed by atoms with E-state index in [4.69, 9.17) is 10.2 Å². The third-order valence-corrected chi connectivity index (χ3v) is 3.46. The fourth-order valence-corrected chi connectivity index (χ4v) is 2.44. The summed E-state index contributed by atoms with van der Waals surface area (Å²) in [5.41, 5.74) is 1.01. The Morgan fingerprint density at radius 3 is 2.39 bits per heavy atom. The minimum absolute atomic E-state index is 0.0752. The van der Waals surface area contributed by atoms with Crippen molar-refractivity contribution in [1.29, 1.82) is 0 Å². The Kier molecular flexibility index (Phi) is 3.41. The molecule has 1 nitrogen and oxygen atoms in total. The number of ether oxygens (including phenoxy) is 1. The molecule has 0 spiro atoms. The molecule has 0 aliphatic heterocycles. The topological polar surface area (TPSA) is 9.23 Å². The van der Waals surface area contributed by atoms with Crippen molar-refractivity contribution in [3.63, 3.8) is 0 Å². The van der Waals surface area contributed by atoms with Gasteiger partial charge in [-0.1, -0.05) is 31.9 Å². The molecule has 0 N–H and O–H groups in total. The molecule has 0 amide bonds. The molecule has 1 heteroatoms. The predicted octanol–water partition coefficient (Wildman–Crippen LogP) is 5.16. The van der Waals surface area contributed by atoms with Gasteiger partial charge < -0.3 is 4.74 Å². The molecule has 0 heterocycles. The molecule has 1 aromatic carbocycles. The van der Waals surface area contributed by atoms with Gasteiger partial charge in [0.2, 0.25) is 0 Å². The third-order valence-electron chi connectivity index (χ3n) is 3.46. The largest absolute Gasteiger partial charge is 0.494 e. The first-order valence-electron chi connectivity index (χ1n) is 9.03. The lowest BCUT2D eigenvalue weighted by molar-refractivity contribution is 0.308. The zero-order valence-electron chi connectivity index (χ0n) is 15.4. The molecule has 1 aliphatic carbocycles. The average molecular weight is 250 g/mol. The van der Waals surface area contributed by atoms with E-state index < -0.39 is 18.7 Å². The maximum Gasteiger partial charge on any atom is 0.119 e. The van der Waals surface area contributed by atoms with Gasteiger partial charge in [-0.05, 0) is 62.0 Å². The second kappa shape index (κ2) is 6.82. The number of hydrogen-bond donors (Lipinski definition) is 0. The van der Waals surface area contributed by atoms with Crippen LogP contribution in [0.3, 0.4) is 0 Å². The number of hydrogen-bond acceptors (Lipinski definition) is 1. The van der Waals surface area contributed by atoms with Crippen molar-refractivity contribution in [1.82, 2.24) is 0 Å². The van der Waals surface area contributed by atoms with E-state index >= 15 is 0 Å². The van der Waals surface area contributed by atoms with Crippen molar-refractivity contribution in [3.8, 4) is 5.75 Å². The van der Waals surface area contributed by atoms with Crippen molar-refractivity contribution >= 4 is 0 Å². The molecule has 18 heavy (non-hydrogen) atoms. The summed E-state index contributed by atoms with van der Waals surface area (Å²) >= 11 is 0. The zero-order chi connectivity index (χ0) is 16.4. The van der Waals surface area contributed by atoms with E-state index in [-0.39, 0.29) is 5.92 Å². The summed E-state index contributed by atoms with van der Waals surface area (Å²) in [6.07, 6.45) is -0.703. The Morgan fingerprint density at radius 2 is 1.83 bits per heavy atom. The van der Waals surface area contributed by atoms with Crippen molar-refractivity contribution in [2.75, 3.05) is 6.61 Å². The molecule has 2 rings (SSSR count). The first-order valence-corrected chi connectivity index (χ1v) is 7.03. The first-order chi connectivity index (χ1) is 10.3. The molecule has 0 radical (unpaired) electrons. The summed E-state index contributed by atoms with van der Waals surface area (Å²) in [5, 5.41) is 0. The van der Waals surface area contributed by atoms with Crippen LogP contribution in [0.2, 0.25) is 0 Å². The van der Waals surface area contributed by atoms with E-state index in [2.05, 4.69) is 0 Å². The molecule has 0 bridgehead atoms. The van der Waals surface area contributed by atoms with Crippen molar-refractivity contribution in [2.45, 2.75) is 58.2 Å². The molecule has 0 saturated heterocycles. The molecular weight excluding hydrogens is 220 g/mol. The van der Waals surface area contributed by atoms with Gasteiger partial charge in [0.05, 0.1) is 6.61 Å². The fraction of sp³-hybridized carbons (Fsp3) is 0.647. The maximum absolute atomic E-state index is 8.33. The molecule has 1 fully saturated rings. The molecular formula is C17H26O. The smallest absolute Gasteiger partial charge is 0.119 e. The summed E-state index contributed by atoms with van der Waals surface area (Å²) in [4.78, 5) is 0. The molecule has 1 aromatic rings. The summed E-state index contributed by atoms with van der Waals surface area (Å²) < 4.78 is 38.8. The fourth-order valence-electron chi connectivity index (χ4n) is 2.44. The molecule has 0 atom stereocenters. The number of rotatable bonds is 5. The van der Waals surface area contributed by atoms with Gasteiger partial charge in [0, 0.05) is 5.48 Å². The molecule has 0 aromatic heterocycles. The van der Waals surface area contributed by atoms with Crippen molar-refractivity contribution < 1.29 is 10.2 Å². The monoisotopic (exact) mass is 250 g/mol. The van der Waals surface area contributed by atoms with Crippen LogP contribution in [0.5, 0.6) is 5.75 Å². The lowest BCUT2D eigenvalue weighted by Gasteiger charge is -2.28. The Bertz CT molecular complexity index is 466. The highest BCUT2D eigenvalue weighted by Crippen LogP contribution is 2.37. The minimum Gasteiger partial charge on any atom is -0.494 e. The van der Waals surface area contributed by atoms with Crippen LogP contribution in [-0.2, 0) is 0 Å². The van der Waals surface area contributed by atoms with Gasteiger partial charge in [-0.3, -0.25) is 0 Å². The van der Waals surface area contributed by atoms with Gasteiger partial charge >= 0.3 is 0 Å². The summed E-state index contributed by atoms with van der Waals surface area (Å²) in [6, 6.07) is 7.67. The highest BCUT2D eigenvalue weighted by molar-refractivity contribution is 5.29. The molecule has 0 unspecified atom stereocenters. The minimum atomic E-state index is -1.46. The molecule has 1 saturated carbocycles. The second-order valence-corrected chi connectivity index (χ2v) is 4.86. The standard InChI is InChI=1S/C17H26O/c1-3-5-14-6-8-15(9-7-14)16-10-12-17(13-11-16)18-4-2/h10-15H,3-9H2,1-2H3/t14-,15-/i6D2,7D2. The van der Waals surface area contributed by atoms with Crippen LogP contribution < -0.4 is 4.74 Å². The van der Waals surface area contributed by atoms with Crippen LogP contribution in [0.15, 0.2) is 24.3 Å². The van der Waals surface area contributed by atoms with E-state index in [9.17, 15) is 0 Å². The normalized spacial score (nSPS) is 32.8. The van der Waals surface area contributed by atoms with Gasteiger partial charge in [-0.25, -0.2) is 0 Å². The summed E-state index contributed by atoms with van der Waals surface area (Å²) in [5.74, 6) is 0.217. The SMILES string of the molecule is [2H]C1([2H])C[C@H](c2ccc(OCC)cc2)CC([2H])([2H])[C@H]1CCC. The van der Waals surface area contributed by atoms with E-state index in [1.54, 1.807) is 0 Å². The van der Waals surface area contributed by atoms with E-state index in [0.717, 1.165) is 17.7 Å².